The predicted molar refractivity (Wildman–Crippen MR) is 48.8 cm³/mol. The van der Waals surface area contributed by atoms with Gasteiger partial charge in [0.05, 0.1) is 0 Å². The molecule has 0 fully saturated rings. The van der Waals surface area contributed by atoms with Crippen molar-refractivity contribution in [3.8, 4) is 0 Å². The minimum atomic E-state index is -4.78. The van der Waals surface area contributed by atoms with Gasteiger partial charge in [-0.2, -0.15) is 18.3 Å². The third-order valence-electron chi connectivity index (χ3n) is 2.07. The fraction of sp³-hybridized carbons (Fsp3) is 0.500. The zero-order valence-electron chi connectivity index (χ0n) is 8.64. The van der Waals surface area contributed by atoms with Crippen LogP contribution in [0.15, 0.2) is 6.20 Å². The highest BCUT2D eigenvalue weighted by molar-refractivity contribution is 5.74. The molecule has 0 spiro atoms. The molecule has 0 aromatic carbocycles. The number of hydrogen-bond acceptors (Lipinski definition) is 4. The SMILES string of the molecule is Cn1cc(C(O)C(N)C(=O)O)c(C(F)(F)F)n1. The molecule has 6 nitrogen and oxygen atoms in total. The van der Waals surface area contributed by atoms with Crippen molar-refractivity contribution in [3.05, 3.63) is 17.5 Å². The molecule has 0 aliphatic carbocycles. The molecule has 0 bridgehead atoms. The van der Waals surface area contributed by atoms with Gasteiger partial charge in [-0.15, -0.1) is 0 Å². The second-order valence-corrected chi connectivity index (χ2v) is 3.41. The van der Waals surface area contributed by atoms with Gasteiger partial charge in [0.2, 0.25) is 0 Å². The average Bonchev–Trinajstić information content (AvgIpc) is 2.57. The van der Waals surface area contributed by atoms with Gasteiger partial charge in [-0.25, -0.2) is 0 Å². The molecule has 9 heteroatoms. The lowest BCUT2D eigenvalue weighted by atomic mass is 10.0. The van der Waals surface area contributed by atoms with E-state index in [1.165, 1.54) is 7.05 Å². The number of aromatic nitrogens is 2. The maximum absolute atomic E-state index is 12.5. The minimum absolute atomic E-state index is 0.658. The van der Waals surface area contributed by atoms with Crippen molar-refractivity contribution in [1.29, 1.82) is 0 Å². The second kappa shape index (κ2) is 4.34. The Labute approximate surface area is 93.4 Å². The number of carboxylic acids is 1. The molecular weight excluding hydrogens is 243 g/mol. The average molecular weight is 253 g/mol. The van der Waals surface area contributed by atoms with Crippen LogP contribution in [-0.2, 0) is 18.0 Å². The first-order valence-electron chi connectivity index (χ1n) is 4.41. The number of aliphatic carboxylic acids is 1. The third kappa shape index (κ3) is 2.74. The summed E-state index contributed by atoms with van der Waals surface area (Å²) in [6, 6.07) is -1.85. The van der Waals surface area contributed by atoms with E-state index in [-0.39, 0.29) is 0 Å². The molecule has 0 amide bonds. The molecule has 0 aliphatic heterocycles. The Morgan fingerprint density at radius 2 is 2.12 bits per heavy atom. The van der Waals surface area contributed by atoms with Crippen molar-refractivity contribution in [1.82, 2.24) is 9.78 Å². The number of aliphatic hydroxyl groups excluding tert-OH is 1. The zero-order chi connectivity index (χ0) is 13.4. The highest BCUT2D eigenvalue weighted by atomic mass is 19.4. The molecule has 1 rings (SSSR count). The summed E-state index contributed by atoms with van der Waals surface area (Å²) in [5.74, 6) is -1.60. The van der Waals surface area contributed by atoms with E-state index < -0.39 is 35.5 Å². The molecule has 1 heterocycles. The number of alkyl halides is 3. The van der Waals surface area contributed by atoms with Gasteiger partial charge in [-0.1, -0.05) is 0 Å². The maximum Gasteiger partial charge on any atom is 0.435 e. The highest BCUT2D eigenvalue weighted by Gasteiger charge is 2.40. The number of nitrogens with zero attached hydrogens (tertiary/aromatic N) is 2. The van der Waals surface area contributed by atoms with Crippen LogP contribution in [0, 0.1) is 0 Å². The summed E-state index contributed by atoms with van der Waals surface area (Å²) in [4.78, 5) is 10.5. The summed E-state index contributed by atoms with van der Waals surface area (Å²) in [5, 5.41) is 21.1. The number of aryl methyl sites for hydroxylation is 1. The number of hydrogen-bond donors (Lipinski definition) is 3. The van der Waals surface area contributed by atoms with Crippen molar-refractivity contribution in [2.45, 2.75) is 18.3 Å². The van der Waals surface area contributed by atoms with E-state index in [4.69, 9.17) is 10.8 Å². The van der Waals surface area contributed by atoms with E-state index in [0.29, 0.717) is 0 Å². The molecule has 4 N–H and O–H groups in total. The van der Waals surface area contributed by atoms with Gasteiger partial charge in [-0.05, 0) is 0 Å². The highest BCUT2D eigenvalue weighted by Crippen LogP contribution is 2.33. The van der Waals surface area contributed by atoms with Gasteiger partial charge in [0.25, 0.3) is 0 Å². The fourth-order valence-electron chi connectivity index (χ4n) is 1.27. The molecule has 96 valence electrons. The van der Waals surface area contributed by atoms with Crippen LogP contribution in [0.2, 0.25) is 0 Å². The largest absolute Gasteiger partial charge is 0.480 e. The van der Waals surface area contributed by atoms with Crippen LogP contribution in [0.25, 0.3) is 0 Å². The maximum atomic E-state index is 12.5. The van der Waals surface area contributed by atoms with Gasteiger partial charge in [-0.3, -0.25) is 9.48 Å². The zero-order valence-corrected chi connectivity index (χ0v) is 8.64. The van der Waals surface area contributed by atoms with Crippen molar-refractivity contribution in [3.63, 3.8) is 0 Å². The molecule has 2 atom stereocenters. The van der Waals surface area contributed by atoms with Crippen molar-refractivity contribution >= 4 is 5.97 Å². The summed E-state index contributed by atoms with van der Waals surface area (Å²) >= 11 is 0. The number of carbonyl (C=O) groups is 1. The first-order valence-corrected chi connectivity index (χ1v) is 4.41. The van der Waals surface area contributed by atoms with Gasteiger partial charge in [0.15, 0.2) is 5.69 Å². The summed E-state index contributed by atoms with van der Waals surface area (Å²) in [5.41, 5.74) is 3.06. The van der Waals surface area contributed by atoms with Crippen LogP contribution in [0.3, 0.4) is 0 Å². The summed E-state index contributed by atoms with van der Waals surface area (Å²) in [6.07, 6.45) is -5.87. The van der Waals surface area contributed by atoms with E-state index >= 15 is 0 Å². The van der Waals surface area contributed by atoms with Crippen molar-refractivity contribution in [2.24, 2.45) is 12.8 Å². The van der Waals surface area contributed by atoms with Crippen LogP contribution in [-0.4, -0.2) is 32.0 Å². The number of rotatable bonds is 3. The fourth-order valence-corrected chi connectivity index (χ4v) is 1.27. The lowest BCUT2D eigenvalue weighted by Gasteiger charge is -2.15. The molecule has 0 radical (unpaired) electrons. The van der Waals surface area contributed by atoms with Gasteiger partial charge in [0.1, 0.15) is 12.1 Å². The molecule has 0 saturated heterocycles. The Morgan fingerprint density at radius 3 is 2.53 bits per heavy atom. The molecule has 2 unspecified atom stereocenters. The Balaban J connectivity index is 3.18. The van der Waals surface area contributed by atoms with Crippen LogP contribution < -0.4 is 5.73 Å². The Morgan fingerprint density at radius 1 is 1.59 bits per heavy atom. The van der Waals surface area contributed by atoms with Crippen LogP contribution in [0.5, 0.6) is 0 Å². The Kier molecular flexibility index (Phi) is 3.43. The lowest BCUT2D eigenvalue weighted by Crippen LogP contribution is -2.37. The van der Waals surface area contributed by atoms with Crippen LogP contribution >= 0.6 is 0 Å². The summed E-state index contributed by atoms with van der Waals surface area (Å²) < 4.78 is 38.4. The lowest BCUT2D eigenvalue weighted by molar-refractivity contribution is -0.146. The normalized spacial score (nSPS) is 15.6. The number of aliphatic hydroxyl groups is 1. The van der Waals surface area contributed by atoms with Gasteiger partial charge < -0.3 is 15.9 Å². The molecule has 17 heavy (non-hydrogen) atoms. The van der Waals surface area contributed by atoms with Crippen LogP contribution in [0.4, 0.5) is 13.2 Å². The standard InChI is InChI=1S/C8H10F3N3O3/c1-14-2-3(5(15)4(12)7(16)17)6(13-14)8(9,10)11/h2,4-5,15H,12H2,1H3,(H,16,17). The second-order valence-electron chi connectivity index (χ2n) is 3.41. The van der Waals surface area contributed by atoms with Gasteiger partial charge in [0, 0.05) is 18.8 Å². The van der Waals surface area contributed by atoms with E-state index in [1.54, 1.807) is 0 Å². The number of carboxylic acid groups (broad SMARTS) is 1. The van der Waals surface area contributed by atoms with E-state index in [1.807, 2.05) is 0 Å². The molecule has 1 aromatic rings. The van der Waals surface area contributed by atoms with Crippen molar-refractivity contribution in [2.75, 3.05) is 0 Å². The van der Waals surface area contributed by atoms with Crippen molar-refractivity contribution < 1.29 is 28.2 Å². The Bertz CT molecular complexity index is 429. The molecular formula is C8H10F3N3O3. The van der Waals surface area contributed by atoms with Gasteiger partial charge >= 0.3 is 12.1 Å². The number of halogens is 3. The third-order valence-corrected chi connectivity index (χ3v) is 2.07. The molecule has 0 saturated carbocycles. The number of nitrogens with two attached hydrogens (primary N) is 1. The first-order chi connectivity index (χ1) is 7.64. The monoisotopic (exact) mass is 253 g/mol. The summed E-state index contributed by atoms with van der Waals surface area (Å²) in [6.45, 7) is 0. The van der Waals surface area contributed by atoms with E-state index in [0.717, 1.165) is 10.9 Å². The molecule has 0 aliphatic rings. The van der Waals surface area contributed by atoms with E-state index in [2.05, 4.69) is 5.10 Å². The quantitative estimate of drug-likeness (QED) is 0.697. The smallest absolute Gasteiger partial charge is 0.435 e. The first kappa shape index (κ1) is 13.5. The minimum Gasteiger partial charge on any atom is -0.480 e. The topological polar surface area (TPSA) is 101 Å². The predicted octanol–water partition coefficient (Wildman–Crippen LogP) is -0.116. The summed E-state index contributed by atoms with van der Waals surface area (Å²) in [7, 11) is 1.22. The molecule has 1 aromatic heterocycles. The van der Waals surface area contributed by atoms with E-state index in [9.17, 15) is 23.1 Å². The van der Waals surface area contributed by atoms with Crippen LogP contribution in [0.1, 0.15) is 17.4 Å². The Hall–Kier alpha value is -1.61.